The monoisotopic (exact) mass is 356 g/mol. The highest BCUT2D eigenvalue weighted by Crippen LogP contribution is 2.26. The summed E-state index contributed by atoms with van der Waals surface area (Å²) in [6.45, 7) is 2.05. The first-order chi connectivity index (χ1) is 12.7. The van der Waals surface area contributed by atoms with Gasteiger partial charge in [-0.05, 0) is 18.4 Å². The third-order valence-corrected chi connectivity index (χ3v) is 4.65. The summed E-state index contributed by atoms with van der Waals surface area (Å²) in [5.74, 6) is 1.11. The van der Waals surface area contributed by atoms with E-state index >= 15 is 0 Å². The van der Waals surface area contributed by atoms with Crippen LogP contribution in [0.2, 0.25) is 0 Å². The number of hydrogen-bond acceptors (Lipinski definition) is 4. The molecule has 2 heterocycles. The van der Waals surface area contributed by atoms with Crippen molar-refractivity contribution in [1.29, 1.82) is 0 Å². The van der Waals surface area contributed by atoms with Crippen LogP contribution in [0.25, 0.3) is 0 Å². The van der Waals surface area contributed by atoms with Crippen molar-refractivity contribution in [2.45, 2.75) is 25.3 Å². The van der Waals surface area contributed by atoms with E-state index < -0.39 is 6.09 Å². The molecule has 1 aromatic heterocycles. The number of ether oxygens (including phenoxy) is 1. The second kappa shape index (κ2) is 8.51. The number of imidazole rings is 1. The molecule has 2 amide bonds. The zero-order chi connectivity index (χ0) is 18.4. The van der Waals surface area contributed by atoms with Gasteiger partial charge in [0.15, 0.2) is 0 Å². The van der Waals surface area contributed by atoms with Gasteiger partial charge in [0.05, 0.1) is 7.11 Å². The van der Waals surface area contributed by atoms with Gasteiger partial charge in [0.2, 0.25) is 5.91 Å². The largest absolute Gasteiger partial charge is 0.453 e. The highest BCUT2D eigenvalue weighted by atomic mass is 16.5. The fraction of sp³-hybridized carbons (Fsp3) is 0.421. The minimum Gasteiger partial charge on any atom is -0.453 e. The van der Waals surface area contributed by atoms with Gasteiger partial charge in [-0.3, -0.25) is 4.79 Å². The van der Waals surface area contributed by atoms with Gasteiger partial charge in [-0.2, -0.15) is 0 Å². The minimum absolute atomic E-state index is 0.0438. The van der Waals surface area contributed by atoms with Gasteiger partial charge in [0, 0.05) is 37.9 Å². The van der Waals surface area contributed by atoms with Crippen molar-refractivity contribution in [3.8, 4) is 0 Å². The molecule has 1 atom stereocenters. The molecule has 138 valence electrons. The lowest BCUT2D eigenvalue weighted by molar-refractivity contribution is -0.131. The summed E-state index contributed by atoms with van der Waals surface area (Å²) in [4.78, 5) is 29.8. The Hall–Kier alpha value is -2.83. The van der Waals surface area contributed by atoms with Crippen molar-refractivity contribution < 1.29 is 14.3 Å². The Morgan fingerprint density at radius 1 is 1.31 bits per heavy atom. The number of amides is 2. The molecule has 1 saturated heterocycles. The van der Waals surface area contributed by atoms with Gasteiger partial charge in [-0.15, -0.1) is 0 Å². The topological polar surface area (TPSA) is 76.5 Å². The number of piperidine rings is 1. The fourth-order valence-electron chi connectivity index (χ4n) is 3.34. The summed E-state index contributed by atoms with van der Waals surface area (Å²) in [7, 11) is 1.28. The molecule has 1 unspecified atom stereocenters. The van der Waals surface area contributed by atoms with Gasteiger partial charge < -0.3 is 19.5 Å². The molecule has 0 saturated carbocycles. The summed E-state index contributed by atoms with van der Waals surface area (Å²) in [5, 5.41) is 2.45. The van der Waals surface area contributed by atoms with Crippen LogP contribution in [0.15, 0.2) is 42.7 Å². The molecular formula is C19H24N4O3. The Balaban J connectivity index is 1.64. The molecule has 2 aromatic rings. The predicted molar refractivity (Wildman–Crippen MR) is 96.7 cm³/mol. The SMILES string of the molecule is COC(=O)NCC(=O)N1CCCC(c2nccn2Cc2ccccc2)C1. The number of rotatable bonds is 5. The third kappa shape index (κ3) is 4.41. The van der Waals surface area contributed by atoms with Crippen molar-refractivity contribution in [2.24, 2.45) is 0 Å². The van der Waals surface area contributed by atoms with E-state index in [-0.39, 0.29) is 18.4 Å². The van der Waals surface area contributed by atoms with Crippen LogP contribution in [0, 0.1) is 0 Å². The van der Waals surface area contributed by atoms with Crippen molar-refractivity contribution in [3.63, 3.8) is 0 Å². The Kier molecular flexibility index (Phi) is 5.88. The molecular weight excluding hydrogens is 332 g/mol. The molecule has 7 heteroatoms. The van der Waals surface area contributed by atoms with Crippen LogP contribution in [-0.2, 0) is 16.1 Å². The second-order valence-electron chi connectivity index (χ2n) is 6.42. The lowest BCUT2D eigenvalue weighted by Gasteiger charge is -2.32. The van der Waals surface area contributed by atoms with Gasteiger partial charge >= 0.3 is 6.09 Å². The number of alkyl carbamates (subject to hydrolysis) is 1. The lowest BCUT2D eigenvalue weighted by Crippen LogP contribution is -2.44. The lowest BCUT2D eigenvalue weighted by atomic mass is 9.97. The molecule has 0 radical (unpaired) electrons. The van der Waals surface area contributed by atoms with Crippen molar-refractivity contribution in [1.82, 2.24) is 19.8 Å². The van der Waals surface area contributed by atoms with Crippen LogP contribution in [-0.4, -0.2) is 53.2 Å². The Labute approximate surface area is 153 Å². The van der Waals surface area contributed by atoms with Gasteiger partial charge in [0.1, 0.15) is 12.4 Å². The van der Waals surface area contributed by atoms with Gasteiger partial charge in [0.25, 0.3) is 0 Å². The average Bonchev–Trinajstić information content (AvgIpc) is 3.14. The molecule has 1 fully saturated rings. The van der Waals surface area contributed by atoms with Crippen LogP contribution >= 0.6 is 0 Å². The average molecular weight is 356 g/mol. The molecule has 1 aliphatic heterocycles. The van der Waals surface area contributed by atoms with Crippen LogP contribution in [0.4, 0.5) is 4.79 Å². The number of hydrogen-bond donors (Lipinski definition) is 1. The zero-order valence-corrected chi connectivity index (χ0v) is 14.9. The maximum Gasteiger partial charge on any atom is 0.407 e. The molecule has 0 aliphatic carbocycles. The standard InChI is InChI=1S/C19H24N4O3/c1-26-19(25)21-12-17(24)22-10-5-8-16(14-22)18-20-9-11-23(18)13-15-6-3-2-4-7-15/h2-4,6-7,9,11,16H,5,8,10,12-14H2,1H3,(H,21,25). The van der Waals surface area contributed by atoms with E-state index in [0.717, 1.165) is 25.2 Å². The highest BCUT2D eigenvalue weighted by molar-refractivity contribution is 5.82. The van der Waals surface area contributed by atoms with Gasteiger partial charge in [-0.1, -0.05) is 30.3 Å². The molecule has 26 heavy (non-hydrogen) atoms. The summed E-state index contributed by atoms with van der Waals surface area (Å²) < 4.78 is 6.66. The van der Waals surface area contributed by atoms with E-state index in [2.05, 4.69) is 31.7 Å². The second-order valence-corrected chi connectivity index (χ2v) is 6.42. The minimum atomic E-state index is -0.592. The number of likely N-dealkylation sites (tertiary alicyclic amines) is 1. The maximum atomic E-state index is 12.3. The molecule has 0 bridgehead atoms. The first kappa shape index (κ1) is 18.0. The zero-order valence-electron chi connectivity index (χ0n) is 14.9. The summed E-state index contributed by atoms with van der Waals surface area (Å²) >= 11 is 0. The molecule has 0 spiro atoms. The van der Waals surface area contributed by atoms with E-state index in [1.807, 2.05) is 30.6 Å². The van der Waals surface area contributed by atoms with E-state index in [9.17, 15) is 9.59 Å². The number of benzene rings is 1. The maximum absolute atomic E-state index is 12.3. The number of nitrogens with zero attached hydrogens (tertiary/aromatic N) is 3. The molecule has 1 aliphatic rings. The molecule has 1 N–H and O–H groups in total. The number of nitrogens with one attached hydrogen (secondary N) is 1. The van der Waals surface area contributed by atoms with Crippen molar-refractivity contribution in [3.05, 3.63) is 54.1 Å². The highest BCUT2D eigenvalue weighted by Gasteiger charge is 2.27. The van der Waals surface area contributed by atoms with E-state index in [0.29, 0.717) is 13.1 Å². The molecule has 7 nitrogen and oxygen atoms in total. The predicted octanol–water partition coefficient (Wildman–Crippen LogP) is 1.99. The van der Waals surface area contributed by atoms with E-state index in [1.165, 1.54) is 12.7 Å². The number of carbonyl (C=O) groups excluding carboxylic acids is 2. The van der Waals surface area contributed by atoms with Crippen LogP contribution in [0.3, 0.4) is 0 Å². The van der Waals surface area contributed by atoms with E-state index in [4.69, 9.17) is 0 Å². The molecule has 3 rings (SSSR count). The first-order valence-corrected chi connectivity index (χ1v) is 8.82. The van der Waals surface area contributed by atoms with Gasteiger partial charge in [-0.25, -0.2) is 9.78 Å². The Bertz CT molecular complexity index is 744. The smallest absolute Gasteiger partial charge is 0.407 e. The van der Waals surface area contributed by atoms with Crippen LogP contribution in [0.1, 0.15) is 30.1 Å². The fourth-order valence-corrected chi connectivity index (χ4v) is 3.34. The van der Waals surface area contributed by atoms with Crippen molar-refractivity contribution in [2.75, 3.05) is 26.7 Å². The first-order valence-electron chi connectivity index (χ1n) is 8.82. The summed E-state index contributed by atoms with van der Waals surface area (Å²) in [6.07, 6.45) is 5.14. The Morgan fingerprint density at radius 3 is 2.88 bits per heavy atom. The van der Waals surface area contributed by atoms with Crippen molar-refractivity contribution >= 4 is 12.0 Å². The summed E-state index contributed by atoms with van der Waals surface area (Å²) in [5.41, 5.74) is 1.22. The quantitative estimate of drug-likeness (QED) is 0.889. The van der Waals surface area contributed by atoms with E-state index in [1.54, 1.807) is 4.90 Å². The number of aromatic nitrogens is 2. The number of carbonyl (C=O) groups is 2. The van der Waals surface area contributed by atoms with Crippen LogP contribution in [0.5, 0.6) is 0 Å². The normalized spacial score (nSPS) is 17.0. The third-order valence-electron chi connectivity index (χ3n) is 4.65. The molecule has 1 aromatic carbocycles. The van der Waals surface area contributed by atoms with Crippen LogP contribution < -0.4 is 5.32 Å². The number of methoxy groups -OCH3 is 1. The Morgan fingerprint density at radius 2 is 2.12 bits per heavy atom. The summed E-state index contributed by atoms with van der Waals surface area (Å²) in [6, 6.07) is 10.3.